The first-order chi connectivity index (χ1) is 12.3. The van der Waals surface area contributed by atoms with Crippen molar-refractivity contribution in [3.63, 3.8) is 0 Å². The molecule has 0 bridgehead atoms. The number of anilines is 1. The van der Waals surface area contributed by atoms with Crippen molar-refractivity contribution in [3.8, 4) is 11.3 Å². The third-order valence-corrected chi connectivity index (χ3v) is 5.69. The van der Waals surface area contributed by atoms with Crippen molar-refractivity contribution in [3.05, 3.63) is 70.4 Å². The normalized spacial score (nSPS) is 11.3. The number of benzene rings is 2. The fraction of sp³-hybridized carbons (Fsp3) is 0.0556. The molecule has 1 aromatic heterocycles. The van der Waals surface area contributed by atoms with Crippen molar-refractivity contribution < 1.29 is 22.7 Å². The number of nitrogens with one attached hydrogen (secondary N) is 1. The van der Waals surface area contributed by atoms with E-state index in [1.807, 2.05) is 6.92 Å². The van der Waals surface area contributed by atoms with Gasteiger partial charge in [0.25, 0.3) is 10.0 Å². The molecule has 134 valence electrons. The molecule has 2 aromatic carbocycles. The summed E-state index contributed by atoms with van der Waals surface area (Å²) < 4.78 is 33.2. The zero-order valence-corrected chi connectivity index (χ0v) is 16.0. The minimum absolute atomic E-state index is 0.167. The van der Waals surface area contributed by atoms with E-state index in [0.29, 0.717) is 21.5 Å². The Morgan fingerprint density at radius 1 is 1.08 bits per heavy atom. The van der Waals surface area contributed by atoms with Gasteiger partial charge in [-0.2, -0.15) is 0 Å². The summed E-state index contributed by atoms with van der Waals surface area (Å²) >= 11 is 3.36. The molecule has 8 heteroatoms. The first-order valence-corrected chi connectivity index (χ1v) is 9.76. The Kier molecular flexibility index (Phi) is 4.88. The van der Waals surface area contributed by atoms with Crippen molar-refractivity contribution in [2.24, 2.45) is 0 Å². The van der Waals surface area contributed by atoms with Gasteiger partial charge in [-0.3, -0.25) is 4.72 Å². The Morgan fingerprint density at radius 3 is 2.35 bits per heavy atom. The van der Waals surface area contributed by atoms with E-state index in [1.165, 1.54) is 18.2 Å². The van der Waals surface area contributed by atoms with Crippen LogP contribution in [0.15, 0.2) is 68.4 Å². The number of hydrogen-bond acceptors (Lipinski definition) is 4. The highest BCUT2D eigenvalue weighted by Gasteiger charge is 2.16. The van der Waals surface area contributed by atoms with Crippen LogP contribution >= 0.6 is 15.9 Å². The molecule has 0 saturated carbocycles. The van der Waals surface area contributed by atoms with Crippen LogP contribution < -0.4 is 4.72 Å². The molecular formula is C18H14BrNO5S. The van der Waals surface area contributed by atoms with Gasteiger partial charge in [0.15, 0.2) is 0 Å². The average Bonchev–Trinajstić information content (AvgIpc) is 3.05. The van der Waals surface area contributed by atoms with Crippen molar-refractivity contribution in [1.29, 1.82) is 0 Å². The summed E-state index contributed by atoms with van der Waals surface area (Å²) in [6, 6.07) is 14.2. The SMILES string of the molecule is Cc1ccc(S(=O)(=O)Nc2ccc(-c3ccc(C(=O)O)o3)c(Br)c2)cc1. The summed E-state index contributed by atoms with van der Waals surface area (Å²) in [4.78, 5) is 11.1. The lowest BCUT2D eigenvalue weighted by Crippen LogP contribution is -2.12. The summed E-state index contributed by atoms with van der Waals surface area (Å²) in [5.41, 5.74) is 1.94. The molecule has 0 atom stereocenters. The zero-order chi connectivity index (χ0) is 18.9. The van der Waals surface area contributed by atoms with Crippen LogP contribution in [-0.4, -0.2) is 19.5 Å². The van der Waals surface area contributed by atoms with Crippen LogP contribution in [0.4, 0.5) is 5.69 Å². The molecule has 2 N–H and O–H groups in total. The largest absolute Gasteiger partial charge is 0.475 e. The van der Waals surface area contributed by atoms with E-state index >= 15 is 0 Å². The minimum Gasteiger partial charge on any atom is -0.475 e. The van der Waals surface area contributed by atoms with E-state index in [-0.39, 0.29) is 10.7 Å². The Balaban J connectivity index is 1.87. The van der Waals surface area contributed by atoms with E-state index in [1.54, 1.807) is 36.4 Å². The van der Waals surface area contributed by atoms with Gasteiger partial charge >= 0.3 is 5.97 Å². The fourth-order valence-corrected chi connectivity index (χ4v) is 3.93. The molecule has 0 amide bonds. The quantitative estimate of drug-likeness (QED) is 0.613. The topological polar surface area (TPSA) is 96.6 Å². The van der Waals surface area contributed by atoms with Gasteiger partial charge < -0.3 is 9.52 Å². The molecule has 0 fully saturated rings. The predicted molar refractivity (Wildman–Crippen MR) is 101 cm³/mol. The Labute approximate surface area is 158 Å². The van der Waals surface area contributed by atoms with Gasteiger partial charge in [-0.15, -0.1) is 0 Å². The average molecular weight is 436 g/mol. The van der Waals surface area contributed by atoms with Crippen LogP contribution in [0.3, 0.4) is 0 Å². The third kappa shape index (κ3) is 3.81. The number of carboxylic acids is 1. The molecule has 0 aliphatic heterocycles. The summed E-state index contributed by atoms with van der Waals surface area (Å²) in [5, 5.41) is 8.93. The van der Waals surface area contributed by atoms with E-state index < -0.39 is 16.0 Å². The maximum absolute atomic E-state index is 12.4. The maximum atomic E-state index is 12.4. The van der Waals surface area contributed by atoms with Gasteiger partial charge in [0.1, 0.15) is 5.76 Å². The number of furan rings is 1. The highest BCUT2D eigenvalue weighted by Crippen LogP contribution is 2.32. The molecule has 3 rings (SSSR count). The van der Waals surface area contributed by atoms with E-state index in [0.717, 1.165) is 5.56 Å². The van der Waals surface area contributed by atoms with Crippen molar-refractivity contribution in [2.75, 3.05) is 4.72 Å². The number of rotatable bonds is 5. The zero-order valence-electron chi connectivity index (χ0n) is 13.6. The molecule has 6 nitrogen and oxygen atoms in total. The predicted octanol–water partition coefficient (Wildman–Crippen LogP) is 4.52. The second kappa shape index (κ2) is 6.97. The summed E-state index contributed by atoms with van der Waals surface area (Å²) in [6.45, 7) is 1.88. The number of hydrogen-bond donors (Lipinski definition) is 2. The Morgan fingerprint density at radius 2 is 1.77 bits per heavy atom. The molecule has 26 heavy (non-hydrogen) atoms. The Hall–Kier alpha value is -2.58. The van der Waals surface area contributed by atoms with Gasteiger partial charge in [0.05, 0.1) is 4.90 Å². The molecule has 0 radical (unpaired) electrons. The standard InChI is InChI=1S/C18H14BrNO5S/c1-11-2-5-13(6-3-11)26(23,24)20-12-4-7-14(15(19)10-12)16-8-9-17(25-16)18(21)22/h2-10,20H,1H3,(H,21,22). The van der Waals surface area contributed by atoms with Crippen molar-refractivity contribution in [1.82, 2.24) is 0 Å². The summed E-state index contributed by atoms with van der Waals surface area (Å²) in [6.07, 6.45) is 0. The second-order valence-corrected chi connectivity index (χ2v) is 8.12. The lowest BCUT2D eigenvalue weighted by atomic mass is 10.1. The van der Waals surface area contributed by atoms with Gasteiger partial charge in [-0.05, 0) is 65.3 Å². The monoisotopic (exact) mass is 435 g/mol. The number of carboxylic acid groups (broad SMARTS) is 1. The van der Waals surface area contributed by atoms with Gasteiger partial charge in [-0.25, -0.2) is 13.2 Å². The molecule has 1 heterocycles. The lowest BCUT2D eigenvalue weighted by Gasteiger charge is -2.10. The van der Waals surface area contributed by atoms with Gasteiger partial charge in [-0.1, -0.05) is 17.7 Å². The minimum atomic E-state index is -3.70. The van der Waals surface area contributed by atoms with Gasteiger partial charge in [0, 0.05) is 15.7 Å². The summed E-state index contributed by atoms with van der Waals surface area (Å²) in [5.74, 6) is -0.965. The van der Waals surface area contributed by atoms with Crippen LogP contribution in [0, 0.1) is 6.92 Å². The smallest absolute Gasteiger partial charge is 0.371 e. The molecular weight excluding hydrogens is 422 g/mol. The second-order valence-electron chi connectivity index (χ2n) is 5.58. The third-order valence-electron chi connectivity index (χ3n) is 3.63. The molecule has 0 saturated heterocycles. The van der Waals surface area contributed by atoms with Crippen LogP contribution in [-0.2, 0) is 10.0 Å². The first-order valence-electron chi connectivity index (χ1n) is 7.49. The van der Waals surface area contributed by atoms with Crippen LogP contribution in [0.5, 0.6) is 0 Å². The van der Waals surface area contributed by atoms with Crippen LogP contribution in [0.2, 0.25) is 0 Å². The molecule has 0 aliphatic carbocycles. The molecule has 0 aliphatic rings. The highest BCUT2D eigenvalue weighted by atomic mass is 79.9. The van der Waals surface area contributed by atoms with Crippen LogP contribution in [0.25, 0.3) is 11.3 Å². The Bertz CT molecular complexity index is 1070. The van der Waals surface area contributed by atoms with E-state index in [2.05, 4.69) is 20.7 Å². The van der Waals surface area contributed by atoms with E-state index in [4.69, 9.17) is 9.52 Å². The van der Waals surface area contributed by atoms with Crippen molar-refractivity contribution >= 4 is 37.6 Å². The number of aromatic carboxylic acids is 1. The molecule has 0 spiro atoms. The number of halogens is 1. The lowest BCUT2D eigenvalue weighted by molar-refractivity contribution is 0.0663. The highest BCUT2D eigenvalue weighted by molar-refractivity contribution is 9.10. The molecule has 0 unspecified atom stereocenters. The number of sulfonamides is 1. The summed E-state index contributed by atoms with van der Waals surface area (Å²) in [7, 11) is -3.70. The van der Waals surface area contributed by atoms with Crippen molar-refractivity contribution in [2.45, 2.75) is 11.8 Å². The number of aryl methyl sites for hydroxylation is 1. The molecule has 3 aromatic rings. The first kappa shape index (κ1) is 18.2. The van der Waals surface area contributed by atoms with E-state index in [9.17, 15) is 13.2 Å². The number of carbonyl (C=O) groups is 1. The van der Waals surface area contributed by atoms with Crippen LogP contribution in [0.1, 0.15) is 16.1 Å². The van der Waals surface area contributed by atoms with Gasteiger partial charge in [0.2, 0.25) is 5.76 Å². The fourth-order valence-electron chi connectivity index (χ4n) is 2.31. The maximum Gasteiger partial charge on any atom is 0.371 e.